The summed E-state index contributed by atoms with van der Waals surface area (Å²) in [4.78, 5) is 22.8. The minimum atomic E-state index is -5.04. The fourth-order valence-electron chi connectivity index (χ4n) is 2.42. The van der Waals surface area contributed by atoms with Gasteiger partial charge in [0.1, 0.15) is 5.00 Å². The standard InChI is InChI=1S/C13H14F3NO3S/c14-13(15,16)12(20)17-10-8(11(18)19)6-9(21-10)7-4-2-1-3-5-7/h6-7H,1-5H2,(H,17,20)(H,18,19). The zero-order valence-electron chi connectivity index (χ0n) is 11.0. The maximum absolute atomic E-state index is 12.3. The van der Waals surface area contributed by atoms with Crippen molar-refractivity contribution in [3.63, 3.8) is 0 Å². The molecule has 0 atom stereocenters. The Bertz CT molecular complexity index is 547. The molecule has 1 aliphatic rings. The first-order valence-electron chi connectivity index (χ1n) is 6.54. The number of nitrogens with one attached hydrogen (secondary N) is 1. The second-order valence-corrected chi connectivity index (χ2v) is 6.07. The lowest BCUT2D eigenvalue weighted by atomic mass is 9.88. The highest BCUT2D eigenvalue weighted by molar-refractivity contribution is 7.16. The van der Waals surface area contributed by atoms with Crippen LogP contribution in [0.15, 0.2) is 6.07 Å². The monoisotopic (exact) mass is 321 g/mol. The lowest BCUT2D eigenvalue weighted by molar-refractivity contribution is -0.167. The molecule has 2 N–H and O–H groups in total. The molecule has 1 aliphatic carbocycles. The fourth-order valence-corrected chi connectivity index (χ4v) is 3.64. The number of carbonyl (C=O) groups excluding carboxylic acids is 1. The molecule has 0 aromatic carbocycles. The van der Waals surface area contributed by atoms with Gasteiger partial charge in [0, 0.05) is 4.88 Å². The number of alkyl halides is 3. The maximum atomic E-state index is 12.3. The van der Waals surface area contributed by atoms with Gasteiger partial charge in [0.15, 0.2) is 0 Å². The number of amides is 1. The van der Waals surface area contributed by atoms with E-state index in [0.29, 0.717) is 0 Å². The number of carbonyl (C=O) groups is 2. The van der Waals surface area contributed by atoms with E-state index in [2.05, 4.69) is 0 Å². The molecule has 1 fully saturated rings. The minimum absolute atomic E-state index is 0.165. The van der Waals surface area contributed by atoms with Gasteiger partial charge in [-0.25, -0.2) is 4.79 Å². The zero-order chi connectivity index (χ0) is 15.6. The molecule has 1 aromatic rings. The number of carboxylic acids is 1. The first kappa shape index (κ1) is 15.8. The third-order valence-electron chi connectivity index (χ3n) is 3.47. The van der Waals surface area contributed by atoms with E-state index in [1.54, 1.807) is 5.32 Å². The van der Waals surface area contributed by atoms with Crippen LogP contribution in [0.1, 0.15) is 53.3 Å². The van der Waals surface area contributed by atoms with Crippen molar-refractivity contribution < 1.29 is 27.9 Å². The molecular weight excluding hydrogens is 307 g/mol. The molecule has 1 heterocycles. The van der Waals surface area contributed by atoms with Gasteiger partial charge in [-0.05, 0) is 24.8 Å². The van der Waals surface area contributed by atoms with E-state index in [9.17, 15) is 22.8 Å². The number of carboxylic acid groups (broad SMARTS) is 1. The average molecular weight is 321 g/mol. The summed E-state index contributed by atoms with van der Waals surface area (Å²) in [6.45, 7) is 0. The van der Waals surface area contributed by atoms with Crippen LogP contribution in [0.3, 0.4) is 0 Å². The maximum Gasteiger partial charge on any atom is 0.471 e. The Balaban J connectivity index is 2.25. The van der Waals surface area contributed by atoms with Crippen LogP contribution in [0.25, 0.3) is 0 Å². The van der Waals surface area contributed by atoms with Crippen molar-refractivity contribution in [1.82, 2.24) is 0 Å². The van der Waals surface area contributed by atoms with Gasteiger partial charge in [0.25, 0.3) is 0 Å². The van der Waals surface area contributed by atoms with Gasteiger partial charge in [-0.2, -0.15) is 13.2 Å². The van der Waals surface area contributed by atoms with Crippen LogP contribution >= 0.6 is 11.3 Å². The number of anilines is 1. The van der Waals surface area contributed by atoms with Crippen molar-refractivity contribution in [3.05, 3.63) is 16.5 Å². The van der Waals surface area contributed by atoms with Gasteiger partial charge in [-0.15, -0.1) is 11.3 Å². The Morgan fingerprint density at radius 1 is 1.24 bits per heavy atom. The third-order valence-corrected chi connectivity index (χ3v) is 4.69. The molecule has 0 unspecified atom stereocenters. The van der Waals surface area contributed by atoms with Crippen molar-refractivity contribution in [2.24, 2.45) is 0 Å². The topological polar surface area (TPSA) is 66.4 Å². The van der Waals surface area contributed by atoms with Gasteiger partial charge in [-0.1, -0.05) is 19.3 Å². The largest absolute Gasteiger partial charge is 0.478 e. The summed E-state index contributed by atoms with van der Waals surface area (Å²) < 4.78 is 36.8. The van der Waals surface area contributed by atoms with Gasteiger partial charge >= 0.3 is 18.1 Å². The first-order chi connectivity index (χ1) is 9.79. The van der Waals surface area contributed by atoms with E-state index in [1.807, 2.05) is 0 Å². The molecule has 0 radical (unpaired) electrons. The summed E-state index contributed by atoms with van der Waals surface area (Å²) in [5.41, 5.74) is -0.279. The summed E-state index contributed by atoms with van der Waals surface area (Å²) in [6.07, 6.45) is -0.0843. The molecule has 21 heavy (non-hydrogen) atoms. The second kappa shape index (κ2) is 6.05. The molecule has 0 spiro atoms. The predicted molar refractivity (Wildman–Crippen MR) is 71.8 cm³/mol. The number of rotatable bonds is 3. The molecule has 4 nitrogen and oxygen atoms in total. The molecule has 0 aliphatic heterocycles. The van der Waals surface area contributed by atoms with Crippen molar-refractivity contribution >= 4 is 28.2 Å². The van der Waals surface area contributed by atoms with Crippen molar-refractivity contribution in [2.75, 3.05) is 5.32 Å². The normalized spacial score (nSPS) is 16.7. The smallest absolute Gasteiger partial charge is 0.471 e. The number of hydrogen-bond acceptors (Lipinski definition) is 3. The van der Waals surface area contributed by atoms with Gasteiger partial charge in [0.2, 0.25) is 0 Å². The third kappa shape index (κ3) is 3.75. The second-order valence-electron chi connectivity index (χ2n) is 4.98. The van der Waals surface area contributed by atoms with Crippen LogP contribution in [0.4, 0.5) is 18.2 Å². The summed E-state index contributed by atoms with van der Waals surface area (Å²) in [5.74, 6) is -3.33. The summed E-state index contributed by atoms with van der Waals surface area (Å²) in [7, 11) is 0. The predicted octanol–water partition coefficient (Wildman–Crippen LogP) is 3.99. The lowest BCUT2D eigenvalue weighted by Crippen LogP contribution is -2.30. The Hall–Kier alpha value is -1.57. The van der Waals surface area contributed by atoms with Crippen LogP contribution in [-0.2, 0) is 4.79 Å². The molecule has 0 bridgehead atoms. The summed E-state index contributed by atoms with van der Waals surface area (Å²) in [6, 6.07) is 1.38. The molecule has 1 amide bonds. The van der Waals surface area contributed by atoms with Gasteiger partial charge in [-0.3, -0.25) is 4.79 Å². The SMILES string of the molecule is O=C(O)c1cc(C2CCCCC2)sc1NC(=O)C(F)(F)F. The average Bonchev–Trinajstić information content (AvgIpc) is 2.83. The van der Waals surface area contributed by atoms with Crippen LogP contribution < -0.4 is 5.32 Å². The van der Waals surface area contributed by atoms with Gasteiger partial charge < -0.3 is 10.4 Å². The van der Waals surface area contributed by atoms with Crippen LogP contribution in [0, 0.1) is 0 Å². The summed E-state index contributed by atoms with van der Waals surface area (Å²) >= 11 is 0.926. The van der Waals surface area contributed by atoms with E-state index in [4.69, 9.17) is 5.11 Å². The summed E-state index contributed by atoms with van der Waals surface area (Å²) in [5, 5.41) is 10.5. The highest BCUT2D eigenvalue weighted by atomic mass is 32.1. The van der Waals surface area contributed by atoms with Crippen LogP contribution in [-0.4, -0.2) is 23.2 Å². The zero-order valence-corrected chi connectivity index (χ0v) is 11.8. The Morgan fingerprint density at radius 3 is 2.38 bits per heavy atom. The van der Waals surface area contributed by atoms with Crippen LogP contribution in [0.2, 0.25) is 0 Å². The Kier molecular flexibility index (Phi) is 4.55. The van der Waals surface area contributed by atoms with E-state index in [-0.39, 0.29) is 16.5 Å². The Morgan fingerprint density at radius 2 is 1.86 bits per heavy atom. The van der Waals surface area contributed by atoms with Gasteiger partial charge in [0.05, 0.1) is 5.56 Å². The minimum Gasteiger partial charge on any atom is -0.478 e. The van der Waals surface area contributed by atoms with Crippen molar-refractivity contribution in [3.8, 4) is 0 Å². The van der Waals surface area contributed by atoms with E-state index in [0.717, 1.165) is 48.3 Å². The Labute approximate surface area is 123 Å². The highest BCUT2D eigenvalue weighted by Gasteiger charge is 2.39. The molecule has 8 heteroatoms. The van der Waals surface area contributed by atoms with E-state index >= 15 is 0 Å². The lowest BCUT2D eigenvalue weighted by Gasteiger charge is -2.19. The quantitative estimate of drug-likeness (QED) is 0.884. The molecule has 1 saturated carbocycles. The molecule has 2 rings (SSSR count). The number of halogens is 3. The number of thiophene rings is 1. The first-order valence-corrected chi connectivity index (χ1v) is 7.36. The number of aromatic carboxylic acids is 1. The molecule has 0 saturated heterocycles. The highest BCUT2D eigenvalue weighted by Crippen LogP contribution is 2.40. The van der Waals surface area contributed by atoms with Crippen molar-refractivity contribution in [1.29, 1.82) is 0 Å². The molecular formula is C13H14F3NO3S. The molecule has 116 valence electrons. The van der Waals surface area contributed by atoms with E-state index < -0.39 is 18.1 Å². The van der Waals surface area contributed by atoms with Crippen LogP contribution in [0.5, 0.6) is 0 Å². The number of hydrogen-bond donors (Lipinski definition) is 2. The van der Waals surface area contributed by atoms with Crippen molar-refractivity contribution in [2.45, 2.75) is 44.2 Å². The molecule has 1 aromatic heterocycles. The fraction of sp³-hybridized carbons (Fsp3) is 0.538. The van der Waals surface area contributed by atoms with E-state index in [1.165, 1.54) is 6.07 Å².